The van der Waals surface area contributed by atoms with E-state index < -0.39 is 11.7 Å². The van der Waals surface area contributed by atoms with E-state index in [4.69, 9.17) is 4.74 Å². The summed E-state index contributed by atoms with van der Waals surface area (Å²) in [5.41, 5.74) is -0.682. The molecule has 7 heteroatoms. The van der Waals surface area contributed by atoms with Crippen molar-refractivity contribution in [2.75, 3.05) is 39.4 Å². The van der Waals surface area contributed by atoms with Crippen molar-refractivity contribution >= 4 is 5.91 Å². The predicted octanol–water partition coefficient (Wildman–Crippen LogP) is 2.64. The van der Waals surface area contributed by atoms with Crippen LogP contribution in [0.15, 0.2) is 24.3 Å². The number of alkyl halides is 3. The van der Waals surface area contributed by atoms with E-state index in [1.54, 1.807) is 4.90 Å². The van der Waals surface area contributed by atoms with E-state index in [-0.39, 0.29) is 11.5 Å². The minimum atomic E-state index is -4.43. The molecule has 132 valence electrons. The van der Waals surface area contributed by atoms with Gasteiger partial charge < -0.3 is 9.64 Å². The predicted molar refractivity (Wildman–Crippen MR) is 82.8 cm³/mol. The maximum Gasteiger partial charge on any atom is 0.416 e. The summed E-state index contributed by atoms with van der Waals surface area (Å²) in [5.74, 6) is -0.326. The molecule has 0 aliphatic carbocycles. The highest BCUT2D eigenvalue weighted by molar-refractivity contribution is 5.94. The Bertz CT molecular complexity index is 577. The van der Waals surface area contributed by atoms with Gasteiger partial charge in [-0.05, 0) is 31.0 Å². The first-order valence-electron chi connectivity index (χ1n) is 8.23. The van der Waals surface area contributed by atoms with Crippen molar-refractivity contribution in [3.8, 4) is 0 Å². The quantitative estimate of drug-likeness (QED) is 0.828. The molecule has 1 aromatic rings. The molecule has 0 aromatic heterocycles. The monoisotopic (exact) mass is 342 g/mol. The largest absolute Gasteiger partial charge is 0.416 e. The zero-order chi connectivity index (χ0) is 17.2. The summed E-state index contributed by atoms with van der Waals surface area (Å²) < 4.78 is 43.7. The van der Waals surface area contributed by atoms with Gasteiger partial charge in [0.2, 0.25) is 0 Å². The number of hydrogen-bond donors (Lipinski definition) is 0. The van der Waals surface area contributed by atoms with Crippen LogP contribution in [0.3, 0.4) is 0 Å². The van der Waals surface area contributed by atoms with Crippen molar-refractivity contribution in [1.29, 1.82) is 0 Å². The molecule has 0 spiro atoms. The van der Waals surface area contributed by atoms with Gasteiger partial charge in [0.15, 0.2) is 0 Å². The highest BCUT2D eigenvalue weighted by Crippen LogP contribution is 2.30. The topological polar surface area (TPSA) is 32.8 Å². The zero-order valence-corrected chi connectivity index (χ0v) is 13.4. The lowest BCUT2D eigenvalue weighted by Crippen LogP contribution is -2.53. The molecule has 1 aromatic carbocycles. The van der Waals surface area contributed by atoms with E-state index in [0.717, 1.165) is 51.3 Å². The highest BCUT2D eigenvalue weighted by Gasteiger charge is 2.32. The van der Waals surface area contributed by atoms with Crippen LogP contribution >= 0.6 is 0 Å². The minimum Gasteiger partial charge on any atom is -0.381 e. The van der Waals surface area contributed by atoms with Crippen LogP contribution in [0.25, 0.3) is 0 Å². The highest BCUT2D eigenvalue weighted by atomic mass is 19.4. The lowest BCUT2D eigenvalue weighted by molar-refractivity contribution is -0.137. The maximum atomic E-state index is 12.8. The van der Waals surface area contributed by atoms with Crippen LogP contribution in [0.5, 0.6) is 0 Å². The number of halogens is 3. The first-order chi connectivity index (χ1) is 11.4. The molecule has 0 atom stereocenters. The molecule has 4 nitrogen and oxygen atoms in total. The Morgan fingerprint density at radius 3 is 2.38 bits per heavy atom. The molecule has 3 rings (SSSR count). The number of amides is 1. The van der Waals surface area contributed by atoms with E-state index in [1.807, 2.05) is 0 Å². The van der Waals surface area contributed by atoms with Gasteiger partial charge in [-0.2, -0.15) is 13.2 Å². The average Bonchev–Trinajstić information content (AvgIpc) is 2.61. The molecule has 0 saturated carbocycles. The Morgan fingerprint density at radius 2 is 1.75 bits per heavy atom. The first kappa shape index (κ1) is 17.2. The fourth-order valence-electron chi connectivity index (χ4n) is 3.35. The SMILES string of the molecule is O=C(c1cccc(C(F)(F)F)c1)N1CCN(C2CCOCC2)CC1. The van der Waals surface area contributed by atoms with Gasteiger partial charge in [0.05, 0.1) is 5.56 Å². The number of nitrogens with zero attached hydrogens (tertiary/aromatic N) is 2. The van der Waals surface area contributed by atoms with Gasteiger partial charge >= 0.3 is 6.18 Å². The van der Waals surface area contributed by atoms with E-state index in [1.165, 1.54) is 12.1 Å². The molecule has 1 amide bonds. The molecule has 0 N–H and O–H groups in total. The van der Waals surface area contributed by atoms with Crippen LogP contribution in [0.2, 0.25) is 0 Å². The Hall–Kier alpha value is -1.60. The van der Waals surface area contributed by atoms with E-state index >= 15 is 0 Å². The average molecular weight is 342 g/mol. The van der Waals surface area contributed by atoms with Crippen molar-refractivity contribution in [2.45, 2.75) is 25.1 Å². The van der Waals surface area contributed by atoms with Crippen molar-refractivity contribution < 1.29 is 22.7 Å². The summed E-state index contributed by atoms with van der Waals surface area (Å²) in [6, 6.07) is 5.15. The summed E-state index contributed by atoms with van der Waals surface area (Å²) in [5, 5.41) is 0. The van der Waals surface area contributed by atoms with Gasteiger partial charge in [-0.1, -0.05) is 6.07 Å². The van der Waals surface area contributed by atoms with Gasteiger partial charge in [0, 0.05) is 51.0 Å². The fourth-order valence-corrected chi connectivity index (χ4v) is 3.35. The number of carbonyl (C=O) groups excluding carboxylic acids is 1. The second-order valence-corrected chi connectivity index (χ2v) is 6.25. The van der Waals surface area contributed by atoms with Crippen LogP contribution in [-0.4, -0.2) is 61.1 Å². The number of carbonyl (C=O) groups is 1. The Balaban J connectivity index is 1.61. The van der Waals surface area contributed by atoms with Crippen LogP contribution < -0.4 is 0 Å². The van der Waals surface area contributed by atoms with Crippen LogP contribution in [-0.2, 0) is 10.9 Å². The van der Waals surface area contributed by atoms with Crippen molar-refractivity contribution in [1.82, 2.24) is 9.80 Å². The Labute approximate surface area is 139 Å². The minimum absolute atomic E-state index is 0.101. The fraction of sp³-hybridized carbons (Fsp3) is 0.588. The number of piperazine rings is 1. The molecular weight excluding hydrogens is 321 g/mol. The molecule has 2 saturated heterocycles. The lowest BCUT2D eigenvalue weighted by Gasteiger charge is -2.40. The van der Waals surface area contributed by atoms with E-state index in [9.17, 15) is 18.0 Å². The van der Waals surface area contributed by atoms with Crippen LogP contribution in [0.1, 0.15) is 28.8 Å². The van der Waals surface area contributed by atoms with Gasteiger partial charge in [-0.3, -0.25) is 9.69 Å². The summed E-state index contributed by atoms with van der Waals surface area (Å²) in [6.45, 7) is 4.16. The molecule has 0 unspecified atom stereocenters. The molecule has 2 aliphatic heterocycles. The lowest BCUT2D eigenvalue weighted by atomic mass is 10.1. The smallest absolute Gasteiger partial charge is 0.381 e. The summed E-state index contributed by atoms with van der Waals surface area (Å²) in [6.07, 6.45) is -2.43. The maximum absolute atomic E-state index is 12.8. The molecular formula is C17H21F3N2O2. The standard InChI is InChI=1S/C17H21F3N2O2/c18-17(19,20)14-3-1-2-13(12-14)16(23)22-8-6-21(7-9-22)15-4-10-24-11-5-15/h1-3,12,15H,4-11H2. The van der Waals surface area contributed by atoms with Gasteiger partial charge in [-0.25, -0.2) is 0 Å². The summed E-state index contributed by atoms with van der Waals surface area (Å²) >= 11 is 0. The summed E-state index contributed by atoms with van der Waals surface area (Å²) in [7, 11) is 0. The summed E-state index contributed by atoms with van der Waals surface area (Å²) in [4.78, 5) is 16.5. The molecule has 2 aliphatic rings. The van der Waals surface area contributed by atoms with Crippen LogP contribution in [0, 0.1) is 0 Å². The van der Waals surface area contributed by atoms with Crippen molar-refractivity contribution in [3.05, 3.63) is 35.4 Å². The van der Waals surface area contributed by atoms with Gasteiger partial charge in [0.25, 0.3) is 5.91 Å². The van der Waals surface area contributed by atoms with Crippen molar-refractivity contribution in [3.63, 3.8) is 0 Å². The number of ether oxygens (including phenoxy) is 1. The van der Waals surface area contributed by atoms with Crippen molar-refractivity contribution in [2.24, 2.45) is 0 Å². The third-order valence-corrected chi connectivity index (χ3v) is 4.75. The number of benzene rings is 1. The second kappa shape index (κ2) is 7.11. The van der Waals surface area contributed by atoms with Gasteiger partial charge in [-0.15, -0.1) is 0 Å². The third-order valence-electron chi connectivity index (χ3n) is 4.75. The number of hydrogen-bond acceptors (Lipinski definition) is 3. The second-order valence-electron chi connectivity index (χ2n) is 6.25. The number of rotatable bonds is 2. The molecule has 2 fully saturated rings. The normalized spacial score (nSPS) is 21.0. The van der Waals surface area contributed by atoms with Gasteiger partial charge in [0.1, 0.15) is 0 Å². The van der Waals surface area contributed by atoms with E-state index in [0.29, 0.717) is 19.1 Å². The molecule has 24 heavy (non-hydrogen) atoms. The van der Waals surface area contributed by atoms with Crippen LogP contribution in [0.4, 0.5) is 13.2 Å². The van der Waals surface area contributed by atoms with E-state index in [2.05, 4.69) is 4.90 Å². The Kier molecular flexibility index (Phi) is 5.10. The molecule has 0 bridgehead atoms. The molecule has 0 radical (unpaired) electrons. The third kappa shape index (κ3) is 3.89. The molecule has 2 heterocycles. The first-order valence-corrected chi connectivity index (χ1v) is 8.23. The Morgan fingerprint density at radius 1 is 1.08 bits per heavy atom. The zero-order valence-electron chi connectivity index (χ0n) is 13.4.